The van der Waals surface area contributed by atoms with Crippen LogP contribution >= 0.6 is 22.6 Å². The number of unbranched alkanes of at least 4 members (excludes halogenated alkanes) is 3. The molecule has 0 aromatic carbocycles. The van der Waals surface area contributed by atoms with Gasteiger partial charge in [0.15, 0.2) is 0 Å². The van der Waals surface area contributed by atoms with Gasteiger partial charge in [0.05, 0.1) is 6.10 Å². The highest BCUT2D eigenvalue weighted by Gasteiger charge is 2.81. The van der Waals surface area contributed by atoms with Crippen molar-refractivity contribution in [1.82, 2.24) is 0 Å². The second kappa shape index (κ2) is 9.14. The van der Waals surface area contributed by atoms with E-state index in [1.165, 1.54) is 0 Å². The lowest BCUT2D eigenvalue weighted by Gasteiger charge is -2.33. The lowest BCUT2D eigenvalue weighted by molar-refractivity contribution is -0.395. The van der Waals surface area contributed by atoms with E-state index in [0.29, 0.717) is 6.42 Å². The van der Waals surface area contributed by atoms with Gasteiger partial charge in [0.1, 0.15) is 0 Å². The van der Waals surface area contributed by atoms with Gasteiger partial charge < -0.3 is 5.11 Å². The lowest BCUT2D eigenvalue weighted by atomic mass is 10.0. The van der Waals surface area contributed by atoms with Crippen LogP contribution in [-0.4, -0.2) is 35.2 Å². The maximum atomic E-state index is 13.4. The Morgan fingerprint density at radius 1 is 0.920 bits per heavy atom. The van der Waals surface area contributed by atoms with Crippen LogP contribution in [0.2, 0.25) is 0 Å². The quantitative estimate of drug-likeness (QED) is 0.207. The average Bonchev–Trinajstić information content (AvgIpc) is 2.41. The molecule has 1 nitrogen and oxygen atoms in total. The van der Waals surface area contributed by atoms with Crippen LogP contribution in [0.1, 0.15) is 45.4 Å². The summed E-state index contributed by atoms with van der Waals surface area (Å²) in [6, 6.07) is 0. The van der Waals surface area contributed by atoms with Gasteiger partial charge >= 0.3 is 23.9 Å². The van der Waals surface area contributed by atoms with Crippen molar-refractivity contribution >= 4 is 22.6 Å². The minimum absolute atomic E-state index is 0.132. The van der Waals surface area contributed by atoms with Gasteiger partial charge in [-0.1, -0.05) is 32.6 Å². The second-order valence-corrected chi connectivity index (χ2v) is 6.94. The van der Waals surface area contributed by atoms with Crippen molar-refractivity contribution in [2.24, 2.45) is 0 Å². The Kier molecular flexibility index (Phi) is 9.06. The van der Waals surface area contributed by atoms with Gasteiger partial charge in [-0.3, -0.25) is 0 Å². The zero-order chi connectivity index (χ0) is 20.1. The summed E-state index contributed by atoms with van der Waals surface area (Å²) in [5.41, 5.74) is 0. The first-order chi connectivity index (χ1) is 11.1. The molecule has 1 atom stereocenters. The van der Waals surface area contributed by atoms with E-state index in [2.05, 4.69) is 0 Å². The van der Waals surface area contributed by atoms with Crippen LogP contribution in [0.15, 0.2) is 9.66 Å². The first-order valence-corrected chi connectivity index (χ1v) is 8.42. The van der Waals surface area contributed by atoms with Crippen LogP contribution in [0.5, 0.6) is 0 Å². The van der Waals surface area contributed by atoms with E-state index in [1.54, 1.807) is 0 Å². The van der Waals surface area contributed by atoms with Crippen molar-refractivity contribution in [2.45, 2.75) is 75.5 Å². The number of aliphatic hydroxyl groups is 1. The van der Waals surface area contributed by atoms with Gasteiger partial charge in [-0.05, 0) is 38.7 Å². The van der Waals surface area contributed by atoms with Crippen molar-refractivity contribution in [3.8, 4) is 0 Å². The zero-order valence-electron chi connectivity index (χ0n) is 13.1. The minimum atomic E-state index is -6.89. The molecule has 0 aromatic rings. The first kappa shape index (κ1) is 24.8. The number of aliphatic hydroxyl groups excluding tert-OH is 1. The second-order valence-electron chi connectivity index (χ2n) is 5.56. The molecule has 1 N–H and O–H groups in total. The molecule has 0 aromatic heterocycles. The van der Waals surface area contributed by atoms with Crippen molar-refractivity contribution in [3.63, 3.8) is 0 Å². The predicted molar refractivity (Wildman–Crippen MR) is 82.4 cm³/mol. The Balaban J connectivity index is 5.07. The molecule has 0 aliphatic heterocycles. The molecule has 25 heavy (non-hydrogen) atoms. The highest BCUT2D eigenvalue weighted by molar-refractivity contribution is 14.1. The summed E-state index contributed by atoms with van der Waals surface area (Å²) >= 11 is 1.10. The van der Waals surface area contributed by atoms with E-state index in [4.69, 9.17) is 0 Å². The van der Waals surface area contributed by atoms with Gasteiger partial charge in [-0.25, -0.2) is 0 Å². The van der Waals surface area contributed by atoms with Gasteiger partial charge in [0, 0.05) is 6.42 Å². The SMILES string of the molecule is CCCCCCC(O)/C=C(\I)CC(F)(F)C(F)(F)C(F)(F)C(F)(F)F. The van der Waals surface area contributed by atoms with Crippen LogP contribution in [0.25, 0.3) is 0 Å². The smallest absolute Gasteiger partial charge is 0.389 e. The topological polar surface area (TPSA) is 20.2 Å². The van der Waals surface area contributed by atoms with Crippen LogP contribution in [-0.2, 0) is 0 Å². The standard InChI is InChI=1S/C14H18F9IO/c1-2-3-4-5-6-10(25)7-9(24)8-11(15,16)12(17,18)13(19,20)14(21,22)23/h7,10,25H,2-6,8H2,1H3/b9-7-. The molecular weight excluding hydrogens is 482 g/mol. The molecule has 11 heteroatoms. The monoisotopic (exact) mass is 500 g/mol. The number of hydrogen-bond donors (Lipinski definition) is 1. The molecule has 0 heterocycles. The van der Waals surface area contributed by atoms with Crippen molar-refractivity contribution in [3.05, 3.63) is 9.66 Å². The molecule has 0 aliphatic carbocycles. The Hall–Kier alpha value is -0.200. The molecule has 0 saturated carbocycles. The summed E-state index contributed by atoms with van der Waals surface area (Å²) in [4.78, 5) is 0. The molecule has 1 unspecified atom stereocenters. The van der Waals surface area contributed by atoms with Gasteiger partial charge in [-0.15, -0.1) is 0 Å². The van der Waals surface area contributed by atoms with Crippen molar-refractivity contribution in [2.75, 3.05) is 0 Å². The molecule has 0 rings (SSSR count). The number of rotatable bonds is 10. The van der Waals surface area contributed by atoms with E-state index in [-0.39, 0.29) is 6.42 Å². The fourth-order valence-electron chi connectivity index (χ4n) is 1.86. The highest BCUT2D eigenvalue weighted by atomic mass is 127. The number of hydrogen-bond acceptors (Lipinski definition) is 1. The maximum absolute atomic E-state index is 13.4. The predicted octanol–water partition coefficient (Wildman–Crippen LogP) is 6.49. The Morgan fingerprint density at radius 3 is 1.88 bits per heavy atom. The third-order valence-corrected chi connectivity index (χ3v) is 4.07. The van der Waals surface area contributed by atoms with Crippen molar-refractivity contribution < 1.29 is 44.6 Å². The summed E-state index contributed by atoms with van der Waals surface area (Å²) in [5.74, 6) is -19.2. The molecule has 0 radical (unpaired) electrons. The Labute approximate surface area is 152 Å². The van der Waals surface area contributed by atoms with Crippen LogP contribution in [0.4, 0.5) is 39.5 Å². The molecule has 0 fully saturated rings. The van der Waals surface area contributed by atoms with E-state index in [9.17, 15) is 44.6 Å². The molecular formula is C14H18F9IO. The highest BCUT2D eigenvalue weighted by Crippen LogP contribution is 2.54. The largest absolute Gasteiger partial charge is 0.460 e. The molecule has 0 amide bonds. The van der Waals surface area contributed by atoms with Gasteiger partial charge in [0.25, 0.3) is 0 Å². The summed E-state index contributed by atoms with van der Waals surface area (Å²) < 4.78 is 114. The van der Waals surface area contributed by atoms with E-state index >= 15 is 0 Å². The Morgan fingerprint density at radius 2 is 1.44 bits per heavy atom. The van der Waals surface area contributed by atoms with Crippen molar-refractivity contribution in [1.29, 1.82) is 0 Å². The first-order valence-electron chi connectivity index (χ1n) is 7.34. The fourth-order valence-corrected chi connectivity index (χ4v) is 2.76. The summed E-state index contributed by atoms with van der Waals surface area (Å²) in [5, 5.41) is 9.57. The summed E-state index contributed by atoms with van der Waals surface area (Å²) in [6.07, 6.45) is -6.24. The molecule has 0 spiro atoms. The van der Waals surface area contributed by atoms with Crippen LogP contribution < -0.4 is 0 Å². The van der Waals surface area contributed by atoms with E-state index in [0.717, 1.165) is 47.9 Å². The van der Waals surface area contributed by atoms with E-state index in [1.807, 2.05) is 6.92 Å². The van der Waals surface area contributed by atoms with Gasteiger partial charge in [-0.2, -0.15) is 39.5 Å². The third kappa shape index (κ3) is 6.47. The molecule has 0 saturated heterocycles. The maximum Gasteiger partial charge on any atom is 0.460 e. The fraction of sp³-hybridized carbons (Fsp3) is 0.857. The third-order valence-electron chi connectivity index (χ3n) is 3.33. The number of allylic oxidation sites excluding steroid dienone is 1. The molecule has 150 valence electrons. The summed E-state index contributed by atoms with van der Waals surface area (Å²) in [6.45, 7) is 1.93. The number of alkyl halides is 9. The summed E-state index contributed by atoms with van der Waals surface area (Å²) in [7, 11) is 0. The molecule has 0 aliphatic rings. The minimum Gasteiger partial charge on any atom is -0.389 e. The zero-order valence-corrected chi connectivity index (χ0v) is 15.3. The van der Waals surface area contributed by atoms with Crippen LogP contribution in [0.3, 0.4) is 0 Å². The van der Waals surface area contributed by atoms with Gasteiger partial charge in [0.2, 0.25) is 0 Å². The average molecular weight is 500 g/mol. The van der Waals surface area contributed by atoms with E-state index < -0.39 is 40.0 Å². The Bertz CT molecular complexity index is 446. The number of halogens is 10. The molecule has 0 bridgehead atoms. The lowest BCUT2D eigenvalue weighted by Crippen LogP contribution is -2.60. The normalized spacial score (nSPS) is 16.2. The van der Waals surface area contributed by atoms with Crippen LogP contribution in [0, 0.1) is 0 Å².